The third-order valence-electron chi connectivity index (χ3n) is 4.90. The van der Waals surface area contributed by atoms with E-state index in [4.69, 9.17) is 4.74 Å². The number of carbonyl (C=O) groups excluding carboxylic acids is 3. The molecule has 7 heteroatoms. The molecule has 0 atom stereocenters. The van der Waals surface area contributed by atoms with Crippen LogP contribution in [-0.2, 0) is 16.2 Å². The molecule has 3 aromatic carbocycles. The van der Waals surface area contributed by atoms with Crippen molar-refractivity contribution in [2.24, 2.45) is 0 Å². The molecule has 1 aliphatic rings. The molecule has 0 spiro atoms. The third-order valence-corrected chi connectivity index (χ3v) is 5.81. The van der Waals surface area contributed by atoms with Crippen LogP contribution in [0.3, 0.4) is 0 Å². The van der Waals surface area contributed by atoms with E-state index in [2.05, 4.69) is 5.32 Å². The molecular weight excluding hydrogens is 436 g/mol. The Bertz CT molecular complexity index is 1210. The average Bonchev–Trinajstić information content (AvgIpc) is 3.06. The Kier molecular flexibility index (Phi) is 6.90. The molecule has 0 radical (unpaired) electrons. The van der Waals surface area contributed by atoms with Crippen LogP contribution in [-0.4, -0.2) is 28.5 Å². The van der Waals surface area contributed by atoms with Gasteiger partial charge in [-0.1, -0.05) is 54.6 Å². The van der Waals surface area contributed by atoms with Gasteiger partial charge in [0.25, 0.3) is 11.1 Å². The summed E-state index contributed by atoms with van der Waals surface area (Å²) in [4.78, 5) is 38.6. The monoisotopic (exact) mass is 458 g/mol. The van der Waals surface area contributed by atoms with E-state index in [-0.39, 0.29) is 11.4 Å². The van der Waals surface area contributed by atoms with Crippen molar-refractivity contribution in [3.63, 3.8) is 0 Å². The topological polar surface area (TPSA) is 75.7 Å². The van der Waals surface area contributed by atoms with Crippen molar-refractivity contribution < 1.29 is 19.1 Å². The van der Waals surface area contributed by atoms with Crippen LogP contribution in [0.25, 0.3) is 6.08 Å². The Labute approximate surface area is 196 Å². The Morgan fingerprint density at radius 1 is 1.00 bits per heavy atom. The first-order chi connectivity index (χ1) is 16.0. The minimum absolute atomic E-state index is 0.279. The zero-order chi connectivity index (χ0) is 23.2. The number of thioether (sulfide) groups is 1. The van der Waals surface area contributed by atoms with Gasteiger partial charge in [-0.2, -0.15) is 0 Å². The minimum atomic E-state index is -0.478. The number of ether oxygens (including phenoxy) is 1. The van der Waals surface area contributed by atoms with E-state index >= 15 is 0 Å². The number of nitrogens with one attached hydrogen (secondary N) is 1. The van der Waals surface area contributed by atoms with Crippen LogP contribution < -0.4 is 10.1 Å². The second-order valence-electron chi connectivity index (χ2n) is 7.53. The molecule has 33 heavy (non-hydrogen) atoms. The van der Waals surface area contributed by atoms with E-state index < -0.39 is 17.1 Å². The standard InChI is InChI=1S/C26H22N2O4S/c1-18-6-5-9-21(14-18)27-24(29)16-28-25(30)23(33-26(28)31)15-19-10-12-22(13-11-19)32-17-20-7-3-2-4-8-20/h2-15H,16-17H2,1H3,(H,27,29)/b23-15+. The van der Waals surface area contributed by atoms with Gasteiger partial charge in [-0.25, -0.2) is 0 Å². The predicted molar refractivity (Wildman–Crippen MR) is 130 cm³/mol. The molecule has 1 aliphatic heterocycles. The second kappa shape index (κ2) is 10.2. The number of anilines is 1. The highest BCUT2D eigenvalue weighted by Crippen LogP contribution is 2.32. The smallest absolute Gasteiger partial charge is 0.294 e. The highest BCUT2D eigenvalue weighted by Gasteiger charge is 2.36. The molecule has 0 bridgehead atoms. The summed E-state index contributed by atoms with van der Waals surface area (Å²) in [5.74, 6) is -0.199. The summed E-state index contributed by atoms with van der Waals surface area (Å²) < 4.78 is 5.77. The van der Waals surface area contributed by atoms with Gasteiger partial charge in [0.05, 0.1) is 4.91 Å². The van der Waals surface area contributed by atoms with Crippen molar-refractivity contribution in [3.05, 3.63) is 100 Å². The van der Waals surface area contributed by atoms with Crippen LogP contribution in [0, 0.1) is 6.92 Å². The molecule has 1 fully saturated rings. The van der Waals surface area contributed by atoms with Gasteiger partial charge in [-0.3, -0.25) is 19.3 Å². The lowest BCUT2D eigenvalue weighted by Gasteiger charge is -2.12. The van der Waals surface area contributed by atoms with E-state index in [1.165, 1.54) is 0 Å². The molecule has 0 aromatic heterocycles. The van der Waals surface area contributed by atoms with E-state index in [1.54, 1.807) is 12.1 Å². The molecule has 4 rings (SSSR count). The van der Waals surface area contributed by atoms with Gasteiger partial charge >= 0.3 is 0 Å². The molecule has 1 saturated heterocycles. The van der Waals surface area contributed by atoms with E-state index in [1.807, 2.05) is 79.7 Å². The molecule has 0 unspecified atom stereocenters. The highest BCUT2D eigenvalue weighted by atomic mass is 32.2. The van der Waals surface area contributed by atoms with Crippen LogP contribution in [0.1, 0.15) is 16.7 Å². The van der Waals surface area contributed by atoms with E-state index in [0.29, 0.717) is 18.0 Å². The maximum Gasteiger partial charge on any atom is 0.294 e. The number of imide groups is 1. The highest BCUT2D eigenvalue weighted by molar-refractivity contribution is 8.18. The molecule has 3 amide bonds. The van der Waals surface area contributed by atoms with Crippen LogP contribution in [0.5, 0.6) is 5.75 Å². The zero-order valence-electron chi connectivity index (χ0n) is 18.0. The Balaban J connectivity index is 1.36. The predicted octanol–water partition coefficient (Wildman–Crippen LogP) is 5.25. The van der Waals surface area contributed by atoms with Crippen LogP contribution in [0.2, 0.25) is 0 Å². The summed E-state index contributed by atoms with van der Waals surface area (Å²) >= 11 is 0.826. The number of benzene rings is 3. The van der Waals surface area contributed by atoms with Crippen molar-refractivity contribution >= 4 is 40.6 Å². The maximum absolute atomic E-state index is 12.7. The summed E-state index contributed by atoms with van der Waals surface area (Å²) in [6, 6.07) is 24.4. The molecule has 1 N–H and O–H groups in total. The SMILES string of the molecule is Cc1cccc(NC(=O)CN2C(=O)S/C(=C/c3ccc(OCc4ccccc4)cc3)C2=O)c1. The van der Waals surface area contributed by atoms with Gasteiger partial charge in [0.15, 0.2) is 0 Å². The van der Waals surface area contributed by atoms with Gasteiger partial charge in [0.1, 0.15) is 18.9 Å². The Hall–Kier alpha value is -3.84. The quantitative estimate of drug-likeness (QED) is 0.490. The van der Waals surface area contributed by atoms with Gasteiger partial charge in [0, 0.05) is 5.69 Å². The van der Waals surface area contributed by atoms with Crippen molar-refractivity contribution in [1.82, 2.24) is 4.90 Å². The van der Waals surface area contributed by atoms with Gasteiger partial charge < -0.3 is 10.1 Å². The fraction of sp³-hybridized carbons (Fsp3) is 0.115. The molecule has 166 valence electrons. The average molecular weight is 459 g/mol. The summed E-state index contributed by atoms with van der Waals surface area (Å²) in [6.07, 6.45) is 1.64. The number of rotatable bonds is 7. The van der Waals surface area contributed by atoms with Gasteiger partial charge in [-0.05, 0) is 65.7 Å². The molecule has 0 saturated carbocycles. The first-order valence-corrected chi connectivity index (χ1v) is 11.2. The molecular formula is C26H22N2O4S. The summed E-state index contributed by atoms with van der Waals surface area (Å²) in [6.45, 7) is 2.05. The number of hydrogen-bond acceptors (Lipinski definition) is 5. The van der Waals surface area contributed by atoms with Crippen molar-refractivity contribution in [3.8, 4) is 5.75 Å². The summed E-state index contributed by atoms with van der Waals surface area (Å²) in [7, 11) is 0. The van der Waals surface area contributed by atoms with Crippen LogP contribution in [0.15, 0.2) is 83.8 Å². The lowest BCUT2D eigenvalue weighted by molar-refractivity contribution is -0.127. The number of aryl methyl sites for hydroxylation is 1. The van der Waals surface area contributed by atoms with E-state index in [0.717, 1.165) is 33.4 Å². The number of amides is 3. The van der Waals surface area contributed by atoms with Gasteiger partial charge in [0.2, 0.25) is 5.91 Å². The van der Waals surface area contributed by atoms with Crippen LogP contribution >= 0.6 is 11.8 Å². The molecule has 1 heterocycles. The Morgan fingerprint density at radius 2 is 1.76 bits per heavy atom. The zero-order valence-corrected chi connectivity index (χ0v) is 18.8. The summed E-state index contributed by atoms with van der Waals surface area (Å²) in [5, 5.41) is 2.25. The van der Waals surface area contributed by atoms with E-state index in [9.17, 15) is 14.4 Å². The number of nitrogens with zero attached hydrogens (tertiary/aromatic N) is 1. The number of carbonyl (C=O) groups is 3. The fourth-order valence-electron chi connectivity index (χ4n) is 3.26. The van der Waals surface area contributed by atoms with Crippen molar-refractivity contribution in [1.29, 1.82) is 0 Å². The first kappa shape index (κ1) is 22.4. The normalized spacial score (nSPS) is 14.6. The maximum atomic E-state index is 12.7. The molecule has 0 aliphatic carbocycles. The fourth-order valence-corrected chi connectivity index (χ4v) is 4.09. The largest absolute Gasteiger partial charge is 0.489 e. The molecule has 6 nitrogen and oxygen atoms in total. The minimum Gasteiger partial charge on any atom is -0.489 e. The summed E-state index contributed by atoms with van der Waals surface area (Å²) in [5.41, 5.74) is 3.45. The second-order valence-corrected chi connectivity index (χ2v) is 8.52. The van der Waals surface area contributed by atoms with Crippen LogP contribution in [0.4, 0.5) is 10.5 Å². The van der Waals surface area contributed by atoms with Gasteiger partial charge in [-0.15, -0.1) is 0 Å². The van der Waals surface area contributed by atoms with Crippen molar-refractivity contribution in [2.75, 3.05) is 11.9 Å². The van der Waals surface area contributed by atoms with Crippen molar-refractivity contribution in [2.45, 2.75) is 13.5 Å². The first-order valence-electron chi connectivity index (χ1n) is 10.4. The lowest BCUT2D eigenvalue weighted by atomic mass is 10.2. The number of hydrogen-bond donors (Lipinski definition) is 1. The molecule has 3 aromatic rings. The third kappa shape index (κ3) is 5.90. The lowest BCUT2D eigenvalue weighted by Crippen LogP contribution is -2.36. The Morgan fingerprint density at radius 3 is 2.48 bits per heavy atom.